The van der Waals surface area contributed by atoms with Crippen molar-refractivity contribution in [3.63, 3.8) is 0 Å². The highest BCUT2D eigenvalue weighted by Crippen LogP contribution is 2.29. The van der Waals surface area contributed by atoms with Crippen LogP contribution in [-0.4, -0.2) is 59.5 Å². The Balaban J connectivity index is 1.19. The molecule has 8 heteroatoms. The normalized spacial score (nSPS) is 14.9. The van der Waals surface area contributed by atoms with Crippen molar-refractivity contribution < 1.29 is 4.79 Å². The van der Waals surface area contributed by atoms with Gasteiger partial charge in [-0.1, -0.05) is 24.3 Å². The van der Waals surface area contributed by atoms with E-state index in [1.807, 2.05) is 6.07 Å². The summed E-state index contributed by atoms with van der Waals surface area (Å²) < 4.78 is 5.88. The first-order valence-electron chi connectivity index (χ1n) is 10.3. The molecule has 1 aliphatic heterocycles. The van der Waals surface area contributed by atoms with Crippen molar-refractivity contribution in [1.82, 2.24) is 14.3 Å². The van der Waals surface area contributed by atoms with Gasteiger partial charge in [-0.15, -0.1) is 0 Å². The second-order valence-corrected chi connectivity index (χ2v) is 8.34. The summed E-state index contributed by atoms with van der Waals surface area (Å²) in [7, 11) is 0. The van der Waals surface area contributed by atoms with Crippen LogP contribution < -0.4 is 10.6 Å². The summed E-state index contributed by atoms with van der Waals surface area (Å²) in [6.45, 7) is 4.98. The molecule has 0 radical (unpaired) electrons. The summed E-state index contributed by atoms with van der Waals surface area (Å²) in [5.74, 6) is 0.535. The van der Waals surface area contributed by atoms with E-state index in [0.29, 0.717) is 17.2 Å². The van der Waals surface area contributed by atoms with Gasteiger partial charge in [-0.3, -0.25) is 9.69 Å². The molecular weight excluding hydrogens is 398 g/mol. The lowest BCUT2D eigenvalue weighted by Gasteiger charge is -2.35. The number of carbonyl (C=O) groups excluding carboxylic acids is 1. The van der Waals surface area contributed by atoms with Crippen molar-refractivity contribution in [2.45, 2.75) is 12.8 Å². The number of nitrogens with two attached hydrogens (primary N) is 1. The standard InChI is InChI=1S/C22H26N5O2S/c23-19-9-3-1-7-17(19)22(28)27(29)12-6-5-11-25-13-15-26(16-14-25)21-18-8-2-4-10-20(18)30-24-21/h1-4,7-10H,5-6,11-16,23H2/q-1. The first kappa shape index (κ1) is 20.6. The maximum atomic E-state index is 12.2. The first-order valence-corrected chi connectivity index (χ1v) is 11.1. The highest BCUT2D eigenvalue weighted by molar-refractivity contribution is 7.13. The zero-order chi connectivity index (χ0) is 20.9. The monoisotopic (exact) mass is 424 g/mol. The largest absolute Gasteiger partial charge is 0.756 e. The Morgan fingerprint density at radius 2 is 1.80 bits per heavy atom. The third kappa shape index (κ3) is 4.56. The third-order valence-electron chi connectivity index (χ3n) is 5.53. The molecule has 1 saturated heterocycles. The lowest BCUT2D eigenvalue weighted by molar-refractivity contribution is 0.0820. The molecule has 3 aromatic rings. The predicted octanol–water partition coefficient (Wildman–Crippen LogP) is 3.42. The molecule has 2 heterocycles. The minimum Gasteiger partial charge on any atom is -0.756 e. The fraction of sp³-hybridized carbons (Fsp3) is 0.364. The number of hydroxylamine groups is 2. The molecule has 0 saturated carbocycles. The average Bonchev–Trinajstić information content (AvgIpc) is 3.21. The van der Waals surface area contributed by atoms with Gasteiger partial charge in [-0.25, -0.2) is 0 Å². The SMILES string of the molecule is Nc1ccccc1C(=O)N([O-])CCCCN1CCN(c2nsc3ccccc23)CC1. The number of benzene rings is 2. The first-order chi connectivity index (χ1) is 14.6. The summed E-state index contributed by atoms with van der Waals surface area (Å²) in [6.07, 6.45) is 1.56. The number of carbonyl (C=O) groups is 1. The van der Waals surface area contributed by atoms with Gasteiger partial charge in [0.05, 0.1) is 10.3 Å². The van der Waals surface area contributed by atoms with Gasteiger partial charge in [0.15, 0.2) is 0 Å². The molecule has 1 fully saturated rings. The maximum Gasteiger partial charge on any atom is 0.245 e. The summed E-state index contributed by atoms with van der Waals surface area (Å²) in [6, 6.07) is 15.1. The van der Waals surface area contributed by atoms with Crippen LogP contribution in [0, 0.1) is 5.21 Å². The van der Waals surface area contributed by atoms with Crippen molar-refractivity contribution in [2.75, 3.05) is 49.9 Å². The van der Waals surface area contributed by atoms with Crippen LogP contribution in [0.1, 0.15) is 23.2 Å². The molecule has 7 nitrogen and oxygen atoms in total. The summed E-state index contributed by atoms with van der Waals surface area (Å²) >= 11 is 1.55. The van der Waals surface area contributed by atoms with Crippen molar-refractivity contribution in [1.29, 1.82) is 0 Å². The topological polar surface area (TPSA) is 88.8 Å². The van der Waals surface area contributed by atoms with Gasteiger partial charge in [0, 0.05) is 43.8 Å². The lowest BCUT2D eigenvalue weighted by Crippen LogP contribution is -2.46. The molecule has 0 unspecified atom stereocenters. The zero-order valence-corrected chi connectivity index (χ0v) is 17.7. The fourth-order valence-electron chi connectivity index (χ4n) is 3.80. The number of rotatable bonds is 7. The minimum atomic E-state index is -0.558. The van der Waals surface area contributed by atoms with E-state index in [1.54, 1.807) is 35.8 Å². The minimum absolute atomic E-state index is 0.192. The van der Waals surface area contributed by atoms with Crippen LogP contribution in [0.3, 0.4) is 0 Å². The molecule has 2 N–H and O–H groups in total. The third-order valence-corrected chi connectivity index (χ3v) is 6.35. The van der Waals surface area contributed by atoms with E-state index in [9.17, 15) is 10.0 Å². The van der Waals surface area contributed by atoms with Crippen LogP contribution >= 0.6 is 11.5 Å². The van der Waals surface area contributed by atoms with E-state index >= 15 is 0 Å². The molecule has 1 aromatic heterocycles. The Hall–Kier alpha value is -2.68. The van der Waals surface area contributed by atoms with Crippen LogP contribution in [0.25, 0.3) is 10.1 Å². The van der Waals surface area contributed by atoms with E-state index in [4.69, 9.17) is 5.73 Å². The molecule has 1 amide bonds. The molecule has 4 rings (SSSR count). The van der Waals surface area contributed by atoms with Crippen molar-refractivity contribution in [3.05, 3.63) is 59.3 Å². The number of unbranched alkanes of at least 4 members (excludes halogenated alkanes) is 1. The molecule has 1 aliphatic rings. The molecule has 30 heavy (non-hydrogen) atoms. The number of nitrogens with zero attached hydrogens (tertiary/aromatic N) is 4. The number of amides is 1. The van der Waals surface area contributed by atoms with Gasteiger partial charge in [0.1, 0.15) is 5.82 Å². The van der Waals surface area contributed by atoms with E-state index < -0.39 is 5.91 Å². The molecule has 0 spiro atoms. The van der Waals surface area contributed by atoms with E-state index in [0.717, 1.165) is 45.0 Å². The number of hydrogen-bond donors (Lipinski definition) is 1. The van der Waals surface area contributed by atoms with Crippen molar-refractivity contribution in [2.24, 2.45) is 0 Å². The second-order valence-electron chi connectivity index (χ2n) is 7.53. The van der Waals surface area contributed by atoms with Crippen LogP contribution in [0.5, 0.6) is 0 Å². The number of fused-ring (bicyclic) bond motifs is 1. The highest BCUT2D eigenvalue weighted by atomic mass is 32.1. The number of piperazine rings is 1. The van der Waals surface area contributed by atoms with Gasteiger partial charge < -0.3 is 20.9 Å². The van der Waals surface area contributed by atoms with Crippen LogP contribution in [-0.2, 0) is 0 Å². The quantitative estimate of drug-likeness (QED) is 0.355. The van der Waals surface area contributed by atoms with Gasteiger partial charge in [0.2, 0.25) is 5.91 Å². The van der Waals surface area contributed by atoms with Crippen molar-refractivity contribution >= 4 is 39.0 Å². The summed E-state index contributed by atoms with van der Waals surface area (Å²) in [5, 5.41) is 13.9. The van der Waals surface area contributed by atoms with E-state index in [2.05, 4.69) is 32.4 Å². The number of anilines is 2. The van der Waals surface area contributed by atoms with Crippen molar-refractivity contribution in [3.8, 4) is 0 Å². The molecular formula is C22H26N5O2S-. The molecule has 0 bridgehead atoms. The fourth-order valence-corrected chi connectivity index (χ4v) is 4.60. The maximum absolute atomic E-state index is 12.2. The Bertz CT molecular complexity index is 1000. The van der Waals surface area contributed by atoms with Crippen LogP contribution in [0.4, 0.5) is 11.5 Å². The Labute approximate surface area is 180 Å². The Kier molecular flexibility index (Phi) is 6.47. The van der Waals surface area contributed by atoms with E-state index in [-0.39, 0.29) is 12.1 Å². The molecule has 158 valence electrons. The highest BCUT2D eigenvalue weighted by Gasteiger charge is 2.20. The molecule has 2 aromatic carbocycles. The number of nitrogen functional groups attached to an aromatic ring is 1. The van der Waals surface area contributed by atoms with Gasteiger partial charge in [-0.05, 0) is 55.2 Å². The number of hydrogen-bond acceptors (Lipinski definition) is 7. The van der Waals surface area contributed by atoms with Gasteiger partial charge in [0.25, 0.3) is 0 Å². The van der Waals surface area contributed by atoms with Crippen LogP contribution in [0.2, 0.25) is 0 Å². The molecule has 0 aliphatic carbocycles. The Morgan fingerprint density at radius 1 is 1.07 bits per heavy atom. The average molecular weight is 425 g/mol. The van der Waals surface area contributed by atoms with E-state index in [1.165, 1.54) is 10.1 Å². The Morgan fingerprint density at radius 3 is 2.60 bits per heavy atom. The number of aromatic nitrogens is 1. The van der Waals surface area contributed by atoms with Crippen LogP contribution in [0.15, 0.2) is 48.5 Å². The predicted molar refractivity (Wildman–Crippen MR) is 123 cm³/mol. The van der Waals surface area contributed by atoms with Gasteiger partial charge in [-0.2, -0.15) is 4.37 Å². The second kappa shape index (κ2) is 9.42. The number of para-hydroxylation sites is 1. The summed E-state index contributed by atoms with van der Waals surface area (Å²) in [4.78, 5) is 17.0. The smallest absolute Gasteiger partial charge is 0.245 e. The van der Waals surface area contributed by atoms with Gasteiger partial charge >= 0.3 is 0 Å². The lowest BCUT2D eigenvalue weighted by atomic mass is 10.1. The molecule has 0 atom stereocenters. The zero-order valence-electron chi connectivity index (χ0n) is 16.9. The summed E-state index contributed by atoms with van der Waals surface area (Å²) in [5.41, 5.74) is 6.41.